The van der Waals surface area contributed by atoms with Crippen LogP contribution in [0.3, 0.4) is 0 Å². The van der Waals surface area contributed by atoms with Crippen molar-refractivity contribution in [3.63, 3.8) is 0 Å². The van der Waals surface area contributed by atoms with Gasteiger partial charge in [-0.25, -0.2) is 42.2 Å². The molecule has 0 aliphatic carbocycles. The number of rotatable bonds is 33. The first kappa shape index (κ1) is 87.6. The fourth-order valence-corrected chi connectivity index (χ4v) is 18.0. The van der Waals surface area contributed by atoms with Gasteiger partial charge in [0.2, 0.25) is 0 Å². The molecule has 45 nitrogen and oxygen atoms in total. The molecule has 11 N–H and O–H groups in total. The van der Waals surface area contributed by atoms with Crippen molar-refractivity contribution in [2.24, 2.45) is 0 Å². The van der Waals surface area contributed by atoms with Crippen LogP contribution in [-0.2, 0) is 88.5 Å². The van der Waals surface area contributed by atoms with Crippen LogP contribution in [0.25, 0.3) is 0 Å². The van der Waals surface area contributed by atoms with E-state index in [2.05, 4.69) is 24.9 Å². The number of nitrogens with zero attached hydrogens (tertiary/aromatic N) is 6. The number of aliphatic hydroxyl groups excluding tert-OH is 1. The van der Waals surface area contributed by atoms with Crippen LogP contribution < -0.4 is 65.9 Å². The number of phosphoric acid groups is 4. The van der Waals surface area contributed by atoms with Gasteiger partial charge in [-0.3, -0.25) is 98.1 Å². The van der Waals surface area contributed by atoms with Crippen molar-refractivity contribution in [1.29, 1.82) is 0 Å². The quantitative estimate of drug-likeness (QED) is 0.0208. The maximum Gasteiger partial charge on any atom is 0.472 e. The highest BCUT2D eigenvalue weighted by Crippen LogP contribution is 2.56. The summed E-state index contributed by atoms with van der Waals surface area (Å²) in [5.74, 6) is 0.901. The fourth-order valence-electron chi connectivity index (χ4n) is 14.2. The van der Waals surface area contributed by atoms with Gasteiger partial charge in [-0.05, 0) is 74.7 Å². The molecule has 0 bridgehead atoms. The number of H-pyrrole nitrogens is 4. The average Bonchev–Trinajstić information content (AvgIpc) is 1.43. The van der Waals surface area contributed by atoms with Crippen LogP contribution in [-0.4, -0.2) is 181 Å². The van der Waals surface area contributed by atoms with E-state index >= 15 is 0 Å². The van der Waals surface area contributed by atoms with Gasteiger partial charge in [0.15, 0.2) is 0 Å². The number of nitrogens with one attached hydrogen (secondary N) is 4. The summed E-state index contributed by atoms with van der Waals surface area (Å²) in [6.07, 6.45) is -19.9. The summed E-state index contributed by atoms with van der Waals surface area (Å²) in [4.78, 5) is 174. The second-order valence-electron chi connectivity index (χ2n) is 28.3. The van der Waals surface area contributed by atoms with E-state index in [1.54, 1.807) is 66.7 Å². The molecule has 642 valence electrons. The number of benzene rings is 3. The number of aromatic amines is 4. The zero-order valence-electron chi connectivity index (χ0n) is 63.8. The first-order chi connectivity index (χ1) is 56.4. The van der Waals surface area contributed by atoms with E-state index in [1.165, 1.54) is 60.4 Å². The molecular formula is C70H83N11O34P4. The minimum Gasteiger partial charge on any atom is -0.497 e. The van der Waals surface area contributed by atoms with Crippen LogP contribution in [0.2, 0.25) is 0 Å². The molecule has 5 aromatic heterocycles. The van der Waals surface area contributed by atoms with Gasteiger partial charge in [-0.1, -0.05) is 54.6 Å². The number of anilines is 1. The molecule has 5 aliphatic heterocycles. The molecule has 5 saturated heterocycles. The van der Waals surface area contributed by atoms with E-state index in [1.807, 2.05) is 12.1 Å². The van der Waals surface area contributed by atoms with E-state index in [4.69, 9.17) is 79.8 Å². The predicted octanol–water partition coefficient (Wildman–Crippen LogP) is 2.09. The molecule has 0 spiro atoms. The lowest BCUT2D eigenvalue weighted by Crippen LogP contribution is -2.38. The van der Waals surface area contributed by atoms with Crippen molar-refractivity contribution < 1.29 is 117 Å². The van der Waals surface area contributed by atoms with Crippen LogP contribution >= 0.6 is 31.3 Å². The number of nitrogens with two attached hydrogens (primary N) is 1. The topological polar surface area (TPSA) is 597 Å². The average molecular weight is 1750 g/mol. The van der Waals surface area contributed by atoms with Crippen molar-refractivity contribution in [2.75, 3.05) is 53.0 Å². The molecule has 4 unspecified atom stereocenters. The number of hydrogen-bond donors (Lipinski definition) is 10. The zero-order valence-corrected chi connectivity index (χ0v) is 67.4. The van der Waals surface area contributed by atoms with E-state index in [0.717, 1.165) is 41.4 Å². The van der Waals surface area contributed by atoms with Crippen molar-refractivity contribution in [3.05, 3.63) is 249 Å². The lowest BCUT2D eigenvalue weighted by atomic mass is 9.80. The summed E-state index contributed by atoms with van der Waals surface area (Å²) in [5, 5.41) is 10.9. The van der Waals surface area contributed by atoms with Crippen LogP contribution in [0.4, 0.5) is 5.82 Å². The van der Waals surface area contributed by atoms with E-state index in [9.17, 15) is 86.1 Å². The third-order valence-electron chi connectivity index (χ3n) is 20.2. The molecule has 5 fully saturated rings. The highest BCUT2D eigenvalue weighted by molar-refractivity contribution is 7.48. The number of ether oxygens (including phenoxy) is 8. The number of phosphoric ester groups is 4. The largest absolute Gasteiger partial charge is 0.497 e. The lowest BCUT2D eigenvalue weighted by Gasteiger charge is -2.37. The second kappa shape index (κ2) is 35.9. The highest BCUT2D eigenvalue weighted by atomic mass is 31.2. The molecule has 8 aromatic rings. The molecule has 0 radical (unpaired) electrons. The highest BCUT2D eigenvalue weighted by Gasteiger charge is 2.51. The van der Waals surface area contributed by atoms with Crippen LogP contribution in [0.5, 0.6) is 11.5 Å². The Kier molecular flexibility index (Phi) is 26.4. The molecule has 10 heterocycles. The van der Waals surface area contributed by atoms with Gasteiger partial charge >= 0.3 is 59.7 Å². The monoisotopic (exact) mass is 1750 g/mol. The Balaban J connectivity index is 0.725. The molecule has 3 aromatic carbocycles. The zero-order chi connectivity index (χ0) is 85.4. The van der Waals surface area contributed by atoms with Crippen LogP contribution in [0, 0.1) is 27.7 Å². The minimum absolute atomic E-state index is 0.00497. The van der Waals surface area contributed by atoms with E-state index in [-0.39, 0.29) is 40.9 Å². The fraction of sp³-hybridized carbons (Fsp3) is 0.457. The van der Waals surface area contributed by atoms with Crippen molar-refractivity contribution in [1.82, 2.24) is 47.8 Å². The molecule has 5 aliphatic rings. The summed E-state index contributed by atoms with van der Waals surface area (Å²) in [5.41, 5.74) is -1.78. The molecule has 0 saturated carbocycles. The Morgan fingerprint density at radius 2 is 0.714 bits per heavy atom. The Morgan fingerprint density at radius 1 is 0.420 bits per heavy atom. The molecule has 13 rings (SSSR count). The number of aryl methyl sites for hydroxylation is 4. The van der Waals surface area contributed by atoms with Gasteiger partial charge < -0.3 is 68.3 Å². The maximum atomic E-state index is 14.6. The number of aromatic nitrogens is 10. The molecular weight excluding hydrogens is 1660 g/mol. The number of aliphatic hydroxyl groups is 1. The van der Waals surface area contributed by atoms with Gasteiger partial charge in [-0.15, -0.1) is 0 Å². The standard InChI is InChI=1S/C70H83N11O34P4/c1-36-27-78(66(88)73-61(36)83)56-22-45(82)50(107-56)32-103-116(92,93)113-47-24-58(79-28-37(2)62(84)74-67(79)89)109-52(47)34-105-118(96,97)115-49-26-60(81-30-39(4)64(86)76-69(81)91)111-54(49)35-106-119(98,99)114-48-25-59(80-29-38(3)63(85)75-68(80)90)110-53(48)33-104-117(94,95)112-46-23-57(77-21-20-55(71)72-65(77)87)108-51(46)31-102-70(40-10-8-7-9-11-40,41-12-16-43(100-5)17-13-41)42-14-18-44(101-6)19-15-42/h7-21,27-30,45-54,56-60,82H,22-26,31-35H2,1-6H3,(H,92,93)(H,94,95)(H,96,97)(H,98,99)(H2,71,72,87)(H,73,83,88)(H,74,84,89)(H,75,85,90)(H,76,86,91)/t45-,46-,47-,48-,49-,50+,51+,52+,53+,54+,56+,57+,58+,59+,60+/m0/s1. The Bertz CT molecular complexity index is 5770. The van der Waals surface area contributed by atoms with Crippen molar-refractivity contribution in [2.45, 2.75) is 158 Å². The van der Waals surface area contributed by atoms with Gasteiger partial charge in [0.25, 0.3) is 22.2 Å². The smallest absolute Gasteiger partial charge is 0.472 e. The van der Waals surface area contributed by atoms with E-state index in [0.29, 0.717) is 28.2 Å². The summed E-state index contributed by atoms with van der Waals surface area (Å²) in [6.45, 7) is 0.784. The maximum absolute atomic E-state index is 14.6. The first-order valence-corrected chi connectivity index (χ1v) is 42.5. The summed E-state index contributed by atoms with van der Waals surface area (Å²) in [7, 11) is -19.1. The van der Waals surface area contributed by atoms with E-state index < -0.39 is 232 Å². The second-order valence-corrected chi connectivity index (χ2v) is 33.9. The Morgan fingerprint density at radius 3 is 1.04 bits per heavy atom. The molecule has 19 atom stereocenters. The first-order valence-electron chi connectivity index (χ1n) is 36.6. The minimum atomic E-state index is -5.65. The van der Waals surface area contributed by atoms with Crippen molar-refractivity contribution in [3.8, 4) is 11.5 Å². The number of nitrogen functional groups attached to an aromatic ring is 1. The van der Waals surface area contributed by atoms with Gasteiger partial charge in [0, 0.05) is 85.3 Å². The molecule has 0 amide bonds. The van der Waals surface area contributed by atoms with Gasteiger partial charge in [-0.2, -0.15) is 4.98 Å². The third kappa shape index (κ3) is 20.2. The van der Waals surface area contributed by atoms with Crippen LogP contribution in [0.15, 0.2) is 159 Å². The normalized spacial score (nSPS) is 26.6. The molecule has 119 heavy (non-hydrogen) atoms. The summed E-state index contributed by atoms with van der Waals surface area (Å²) >= 11 is 0. The van der Waals surface area contributed by atoms with Crippen LogP contribution in [0.1, 0.15) is 102 Å². The van der Waals surface area contributed by atoms with Gasteiger partial charge in [0.05, 0.1) is 53.4 Å². The SMILES string of the molecule is COc1ccc(C(OC[C@H]2O[C@@H](n3ccc(N)nc3=O)C[C@@H]2OP(=O)(O)OC[C@H]2O[C@@H](n3cc(C)c(=O)[nH]c3=O)C[C@@H]2OP(=O)(O)OC[C@H]2O[C@@H](n3cc(C)c(=O)[nH]c3=O)C[C@@H]2OP(=O)(O)OC[C@H]2O[C@@H](n3cc(C)c(=O)[nH]c3=O)C[C@@H]2OP(=O)(O)OC[C@H]2O[C@@H](n3cc(C)c(=O)[nH]c3=O)C[C@@H]2O)(c2ccccc2)c2ccc(OC)cc2)cc1. The number of methoxy groups -OCH3 is 2. The molecule has 49 heteroatoms. The summed E-state index contributed by atoms with van der Waals surface area (Å²) in [6, 6.07) is 24.4. The summed E-state index contributed by atoms with van der Waals surface area (Å²) < 4.78 is 155. The Labute approximate surface area is 670 Å². The van der Waals surface area contributed by atoms with Crippen molar-refractivity contribution >= 4 is 37.1 Å². The van der Waals surface area contributed by atoms with Gasteiger partial charge in [0.1, 0.15) is 109 Å². The predicted molar refractivity (Wildman–Crippen MR) is 407 cm³/mol. The third-order valence-corrected chi connectivity index (χ3v) is 24.3. The Hall–Kier alpha value is -9.18. The number of hydrogen-bond acceptors (Lipinski definition) is 32. The lowest BCUT2D eigenvalue weighted by molar-refractivity contribution is -0.0952.